The lowest BCUT2D eigenvalue weighted by Crippen LogP contribution is -2.36. The van der Waals surface area contributed by atoms with Crippen LogP contribution in [0.4, 0.5) is 0 Å². The highest BCUT2D eigenvalue weighted by molar-refractivity contribution is 5.95. The van der Waals surface area contributed by atoms with Gasteiger partial charge in [-0.25, -0.2) is 4.79 Å². The monoisotopic (exact) mass is 289 g/mol. The maximum Gasteiger partial charge on any atom is 0.328 e. The molecule has 2 atom stereocenters. The van der Waals surface area contributed by atoms with E-state index < -0.39 is 5.97 Å². The molecule has 0 aromatic heterocycles. The first-order valence-corrected chi connectivity index (χ1v) is 7.17. The lowest BCUT2D eigenvalue weighted by molar-refractivity contribution is -0.131. The molecule has 114 valence electrons. The molecule has 0 heterocycles. The molecule has 2 N–H and O–H groups in total. The lowest BCUT2D eigenvalue weighted by atomic mass is 10.00. The Morgan fingerprint density at radius 3 is 2.52 bits per heavy atom. The summed E-state index contributed by atoms with van der Waals surface area (Å²) in [7, 11) is 0. The number of carboxylic acids is 1. The third-order valence-electron chi connectivity index (χ3n) is 3.64. The number of aryl methyl sites for hydroxylation is 1. The zero-order chi connectivity index (χ0) is 16.0. The number of amides is 1. The van der Waals surface area contributed by atoms with Gasteiger partial charge in [-0.05, 0) is 49.1 Å². The van der Waals surface area contributed by atoms with Crippen molar-refractivity contribution in [3.8, 4) is 0 Å². The van der Waals surface area contributed by atoms with Crippen LogP contribution in [0.25, 0.3) is 6.08 Å². The minimum Gasteiger partial charge on any atom is -0.478 e. The van der Waals surface area contributed by atoms with E-state index in [2.05, 4.69) is 19.2 Å². The number of benzene rings is 1. The summed E-state index contributed by atoms with van der Waals surface area (Å²) in [5.41, 5.74) is 2.18. The largest absolute Gasteiger partial charge is 0.478 e. The predicted octanol–water partition coefficient (Wildman–Crippen LogP) is 3.26. The molecule has 1 rings (SSSR count). The van der Waals surface area contributed by atoms with Crippen LogP contribution in [-0.4, -0.2) is 23.0 Å². The maximum atomic E-state index is 12.3. The van der Waals surface area contributed by atoms with Crippen molar-refractivity contribution in [2.75, 3.05) is 0 Å². The molecule has 0 saturated heterocycles. The second-order valence-corrected chi connectivity index (χ2v) is 5.45. The van der Waals surface area contributed by atoms with E-state index in [-0.39, 0.29) is 11.9 Å². The summed E-state index contributed by atoms with van der Waals surface area (Å²) >= 11 is 0. The van der Waals surface area contributed by atoms with Crippen molar-refractivity contribution in [3.05, 3.63) is 41.0 Å². The van der Waals surface area contributed by atoms with Gasteiger partial charge in [0.15, 0.2) is 0 Å². The number of carbonyl (C=O) groups excluding carboxylic acids is 1. The molecule has 1 aromatic rings. The van der Waals surface area contributed by atoms with Gasteiger partial charge >= 0.3 is 5.97 Å². The fourth-order valence-electron chi connectivity index (χ4n) is 1.99. The molecule has 0 radical (unpaired) electrons. The Balaban J connectivity index is 2.92. The van der Waals surface area contributed by atoms with E-state index in [9.17, 15) is 9.59 Å². The molecular formula is C17H23NO3. The molecule has 4 heteroatoms. The highest BCUT2D eigenvalue weighted by Crippen LogP contribution is 2.13. The van der Waals surface area contributed by atoms with Gasteiger partial charge in [-0.15, -0.1) is 0 Å². The SMILES string of the molecule is CCC(C)C(C)NC(=O)c1cc(C)cc(/C=C/C(=O)O)c1. The molecule has 0 fully saturated rings. The minimum atomic E-state index is -1.01. The van der Waals surface area contributed by atoms with Crippen molar-refractivity contribution in [1.82, 2.24) is 5.32 Å². The standard InChI is InChI=1S/C17H23NO3/c1-5-12(3)13(4)18-17(21)15-9-11(2)8-14(10-15)6-7-16(19)20/h6-10,12-13H,5H2,1-4H3,(H,18,21)(H,19,20)/b7-6+. The Morgan fingerprint density at radius 2 is 1.95 bits per heavy atom. The van der Waals surface area contributed by atoms with Gasteiger partial charge in [-0.1, -0.05) is 26.3 Å². The molecule has 0 aliphatic carbocycles. The molecule has 21 heavy (non-hydrogen) atoms. The van der Waals surface area contributed by atoms with Gasteiger partial charge in [0.05, 0.1) is 0 Å². The van der Waals surface area contributed by atoms with Crippen molar-refractivity contribution in [2.45, 2.75) is 40.2 Å². The first kappa shape index (κ1) is 17.0. The van der Waals surface area contributed by atoms with Crippen LogP contribution in [0.3, 0.4) is 0 Å². The van der Waals surface area contributed by atoms with Crippen LogP contribution in [0.1, 0.15) is 48.7 Å². The van der Waals surface area contributed by atoms with Gasteiger partial charge in [-0.3, -0.25) is 4.79 Å². The van der Waals surface area contributed by atoms with Gasteiger partial charge < -0.3 is 10.4 Å². The van der Waals surface area contributed by atoms with Crippen LogP contribution < -0.4 is 5.32 Å². The van der Waals surface area contributed by atoms with Crippen molar-refractivity contribution >= 4 is 18.0 Å². The molecule has 1 amide bonds. The number of hydrogen-bond acceptors (Lipinski definition) is 2. The Kier molecular flexibility index (Phi) is 6.15. The van der Waals surface area contributed by atoms with Gasteiger partial charge in [0, 0.05) is 17.7 Å². The summed E-state index contributed by atoms with van der Waals surface area (Å²) in [4.78, 5) is 22.8. The van der Waals surface area contributed by atoms with Crippen molar-refractivity contribution in [2.24, 2.45) is 5.92 Å². The molecule has 1 aromatic carbocycles. The van der Waals surface area contributed by atoms with E-state index in [0.717, 1.165) is 18.1 Å². The van der Waals surface area contributed by atoms with Crippen LogP contribution in [0.2, 0.25) is 0 Å². The second kappa shape index (κ2) is 7.62. The Bertz CT molecular complexity index is 549. The molecule has 2 unspecified atom stereocenters. The van der Waals surface area contributed by atoms with E-state index in [1.807, 2.05) is 19.9 Å². The molecule has 4 nitrogen and oxygen atoms in total. The van der Waals surface area contributed by atoms with Crippen LogP contribution >= 0.6 is 0 Å². The highest BCUT2D eigenvalue weighted by atomic mass is 16.4. The molecule has 0 spiro atoms. The van der Waals surface area contributed by atoms with Crippen molar-refractivity contribution in [3.63, 3.8) is 0 Å². The number of nitrogens with one attached hydrogen (secondary N) is 1. The Morgan fingerprint density at radius 1 is 1.29 bits per heavy atom. The van der Waals surface area contributed by atoms with Crippen LogP contribution in [0.5, 0.6) is 0 Å². The van der Waals surface area contributed by atoms with Gasteiger partial charge in [0.2, 0.25) is 0 Å². The number of carboxylic acid groups (broad SMARTS) is 1. The number of carbonyl (C=O) groups is 2. The molecule has 0 bridgehead atoms. The zero-order valence-electron chi connectivity index (χ0n) is 13.0. The van der Waals surface area contributed by atoms with E-state index in [4.69, 9.17) is 5.11 Å². The summed E-state index contributed by atoms with van der Waals surface area (Å²) in [6.45, 7) is 8.07. The topological polar surface area (TPSA) is 66.4 Å². The third kappa shape index (κ3) is 5.42. The van der Waals surface area contributed by atoms with Crippen LogP contribution in [0.15, 0.2) is 24.3 Å². The van der Waals surface area contributed by atoms with Gasteiger partial charge in [-0.2, -0.15) is 0 Å². The van der Waals surface area contributed by atoms with Crippen molar-refractivity contribution < 1.29 is 14.7 Å². The van der Waals surface area contributed by atoms with E-state index in [1.165, 1.54) is 6.08 Å². The first-order valence-electron chi connectivity index (χ1n) is 7.17. The first-order chi connectivity index (χ1) is 9.83. The smallest absolute Gasteiger partial charge is 0.328 e. The maximum absolute atomic E-state index is 12.3. The van der Waals surface area contributed by atoms with E-state index in [0.29, 0.717) is 17.0 Å². The number of rotatable bonds is 6. The van der Waals surface area contributed by atoms with E-state index in [1.54, 1.807) is 12.1 Å². The summed E-state index contributed by atoms with van der Waals surface area (Å²) in [5.74, 6) is -0.727. The predicted molar refractivity (Wildman–Crippen MR) is 84.2 cm³/mol. The second-order valence-electron chi connectivity index (χ2n) is 5.45. The quantitative estimate of drug-likeness (QED) is 0.790. The lowest BCUT2D eigenvalue weighted by Gasteiger charge is -2.20. The summed E-state index contributed by atoms with van der Waals surface area (Å²) in [6, 6.07) is 5.44. The summed E-state index contributed by atoms with van der Waals surface area (Å²) in [6.07, 6.45) is 3.56. The Labute approximate surface area is 125 Å². The number of hydrogen-bond donors (Lipinski definition) is 2. The zero-order valence-corrected chi connectivity index (χ0v) is 13.0. The highest BCUT2D eigenvalue weighted by Gasteiger charge is 2.14. The van der Waals surface area contributed by atoms with Crippen LogP contribution in [0, 0.1) is 12.8 Å². The van der Waals surface area contributed by atoms with E-state index >= 15 is 0 Å². The molecule has 0 aliphatic rings. The fraction of sp³-hybridized carbons (Fsp3) is 0.412. The molecular weight excluding hydrogens is 266 g/mol. The van der Waals surface area contributed by atoms with Crippen LogP contribution in [-0.2, 0) is 4.79 Å². The summed E-state index contributed by atoms with van der Waals surface area (Å²) in [5, 5.41) is 11.7. The average molecular weight is 289 g/mol. The molecule has 0 aliphatic heterocycles. The fourth-order valence-corrected chi connectivity index (χ4v) is 1.99. The van der Waals surface area contributed by atoms with Gasteiger partial charge in [0.1, 0.15) is 0 Å². The minimum absolute atomic E-state index is 0.0982. The average Bonchev–Trinajstić information content (AvgIpc) is 2.43. The Hall–Kier alpha value is -2.10. The number of aliphatic carboxylic acids is 1. The summed E-state index contributed by atoms with van der Waals surface area (Å²) < 4.78 is 0. The molecule has 0 saturated carbocycles. The third-order valence-corrected chi connectivity index (χ3v) is 3.64. The van der Waals surface area contributed by atoms with Crippen molar-refractivity contribution in [1.29, 1.82) is 0 Å². The normalized spacial score (nSPS) is 13.9. The van der Waals surface area contributed by atoms with Gasteiger partial charge in [0.25, 0.3) is 5.91 Å².